The van der Waals surface area contributed by atoms with E-state index in [1.807, 2.05) is 30.3 Å². The Bertz CT molecular complexity index is 1050. The normalized spacial score (nSPS) is 27.3. The van der Waals surface area contributed by atoms with Gasteiger partial charge in [-0.25, -0.2) is 4.79 Å². The molecule has 4 aliphatic heterocycles. The molecule has 3 fully saturated rings. The number of benzene rings is 2. The van der Waals surface area contributed by atoms with E-state index in [4.69, 9.17) is 25.8 Å². The second kappa shape index (κ2) is 8.73. The molecule has 4 aliphatic rings. The summed E-state index contributed by atoms with van der Waals surface area (Å²) in [6, 6.07) is 11.4. The summed E-state index contributed by atoms with van der Waals surface area (Å²) in [4.78, 5) is 15.3. The summed E-state index contributed by atoms with van der Waals surface area (Å²) in [5.41, 5.74) is 2.53. The van der Waals surface area contributed by atoms with Crippen LogP contribution in [0.1, 0.15) is 38.3 Å². The number of nitrogens with zero attached hydrogens (tertiary/aromatic N) is 1. The first kappa shape index (κ1) is 22.4. The summed E-state index contributed by atoms with van der Waals surface area (Å²) in [6.07, 6.45) is 1.86. The minimum absolute atomic E-state index is 0.0190. The number of alkyl carbamates (subject to hydrolysis) is 1. The molecule has 0 spiro atoms. The number of halogens is 1. The minimum atomic E-state index is -0.345. The van der Waals surface area contributed by atoms with Crippen molar-refractivity contribution in [1.29, 1.82) is 0 Å². The molecule has 0 aliphatic carbocycles. The highest BCUT2D eigenvalue weighted by molar-refractivity contribution is 6.33. The van der Waals surface area contributed by atoms with Crippen molar-refractivity contribution in [3.63, 3.8) is 0 Å². The Morgan fingerprint density at radius 1 is 1.18 bits per heavy atom. The standard InChI is InChI=1S/C26H31ClN2O4/c1-26(2)15-32-22-12-17(19-7-5-18(31-3)13-21(19)27)4-6-20(22)24(26)28-25(30)33-23-14-29-10-8-16(23)9-11-29/h4-7,12-13,16,23-24H,8-11,14-15H2,1-3H3,(H,28,30)/t23-,24?/m0/s1. The predicted octanol–water partition coefficient (Wildman–Crippen LogP) is 5.30. The molecule has 1 amide bonds. The largest absolute Gasteiger partial charge is 0.497 e. The molecule has 2 atom stereocenters. The number of rotatable bonds is 4. The number of piperidine rings is 3. The lowest BCUT2D eigenvalue weighted by molar-refractivity contribution is -0.0361. The Hall–Kier alpha value is -2.44. The van der Waals surface area contributed by atoms with Crippen LogP contribution in [-0.2, 0) is 4.74 Å². The van der Waals surface area contributed by atoms with Gasteiger partial charge in [-0.15, -0.1) is 0 Å². The summed E-state index contributed by atoms with van der Waals surface area (Å²) in [6.45, 7) is 7.77. The lowest BCUT2D eigenvalue weighted by atomic mass is 9.78. The molecule has 0 radical (unpaired) electrons. The van der Waals surface area contributed by atoms with Crippen molar-refractivity contribution in [3.8, 4) is 22.6 Å². The fourth-order valence-corrected chi connectivity index (χ4v) is 5.58. The summed E-state index contributed by atoms with van der Waals surface area (Å²) in [5, 5.41) is 3.77. The van der Waals surface area contributed by atoms with Gasteiger partial charge in [0.15, 0.2) is 0 Å². The Labute approximate surface area is 200 Å². The monoisotopic (exact) mass is 470 g/mol. The number of methoxy groups -OCH3 is 1. The summed E-state index contributed by atoms with van der Waals surface area (Å²) < 4.78 is 17.3. The highest BCUT2D eigenvalue weighted by atomic mass is 35.5. The number of amides is 1. The second-order valence-corrected chi connectivity index (χ2v) is 10.4. The van der Waals surface area contributed by atoms with Crippen LogP contribution in [0.4, 0.5) is 4.79 Å². The Kier molecular flexibility index (Phi) is 5.91. The molecule has 6 nitrogen and oxygen atoms in total. The van der Waals surface area contributed by atoms with Gasteiger partial charge in [-0.05, 0) is 61.7 Å². The van der Waals surface area contributed by atoms with Crippen molar-refractivity contribution in [1.82, 2.24) is 10.2 Å². The molecule has 6 rings (SSSR count). The molecule has 33 heavy (non-hydrogen) atoms. The van der Waals surface area contributed by atoms with Crippen molar-refractivity contribution in [3.05, 3.63) is 47.0 Å². The third-order valence-electron chi connectivity index (χ3n) is 7.31. The molecular formula is C26H31ClN2O4. The zero-order valence-electron chi connectivity index (χ0n) is 19.4. The number of nitrogens with one attached hydrogen (secondary N) is 1. The SMILES string of the molecule is COc1ccc(-c2ccc3c(c2)OCC(C)(C)C3NC(=O)O[C@H]2CN3CCC2CC3)c(Cl)c1. The van der Waals surface area contributed by atoms with Crippen molar-refractivity contribution >= 4 is 17.7 Å². The highest BCUT2D eigenvalue weighted by Gasteiger charge is 2.41. The number of hydrogen-bond acceptors (Lipinski definition) is 5. The first-order valence-electron chi connectivity index (χ1n) is 11.6. The maximum Gasteiger partial charge on any atom is 0.407 e. The molecule has 1 N–H and O–H groups in total. The molecule has 0 saturated carbocycles. The minimum Gasteiger partial charge on any atom is -0.497 e. The second-order valence-electron chi connectivity index (χ2n) is 10.0. The smallest absolute Gasteiger partial charge is 0.407 e. The van der Waals surface area contributed by atoms with Crippen LogP contribution in [-0.4, -0.2) is 50.4 Å². The van der Waals surface area contributed by atoms with Crippen LogP contribution >= 0.6 is 11.6 Å². The van der Waals surface area contributed by atoms with Crippen LogP contribution in [0.15, 0.2) is 36.4 Å². The highest BCUT2D eigenvalue weighted by Crippen LogP contribution is 2.45. The van der Waals surface area contributed by atoms with Crippen LogP contribution in [0.2, 0.25) is 5.02 Å². The molecule has 1 unspecified atom stereocenters. The van der Waals surface area contributed by atoms with Gasteiger partial charge in [0.1, 0.15) is 17.6 Å². The van der Waals surface area contributed by atoms with Gasteiger partial charge in [0.25, 0.3) is 0 Å². The van der Waals surface area contributed by atoms with Gasteiger partial charge >= 0.3 is 6.09 Å². The van der Waals surface area contributed by atoms with Gasteiger partial charge in [-0.2, -0.15) is 0 Å². The van der Waals surface area contributed by atoms with Gasteiger partial charge in [0, 0.05) is 23.1 Å². The average molecular weight is 471 g/mol. The summed E-state index contributed by atoms with van der Waals surface area (Å²) in [7, 11) is 1.62. The van der Waals surface area contributed by atoms with Crippen molar-refractivity contribution in [2.45, 2.75) is 38.8 Å². The number of hydrogen-bond donors (Lipinski definition) is 1. The molecule has 2 bridgehead atoms. The van der Waals surface area contributed by atoms with Crippen LogP contribution in [0.25, 0.3) is 11.1 Å². The molecule has 4 heterocycles. The maximum absolute atomic E-state index is 12.9. The van der Waals surface area contributed by atoms with Gasteiger partial charge in [0.05, 0.1) is 24.8 Å². The van der Waals surface area contributed by atoms with Crippen molar-refractivity contribution in [2.75, 3.05) is 33.4 Å². The number of fused-ring (bicyclic) bond motifs is 4. The van der Waals surface area contributed by atoms with E-state index in [1.54, 1.807) is 13.2 Å². The zero-order chi connectivity index (χ0) is 23.2. The van der Waals surface area contributed by atoms with Gasteiger partial charge in [-0.3, -0.25) is 4.90 Å². The summed E-state index contributed by atoms with van der Waals surface area (Å²) >= 11 is 6.49. The number of carbonyl (C=O) groups excluding carboxylic acids is 1. The molecule has 176 valence electrons. The van der Waals surface area contributed by atoms with E-state index >= 15 is 0 Å². The topological polar surface area (TPSA) is 60.0 Å². The zero-order valence-corrected chi connectivity index (χ0v) is 20.2. The Morgan fingerprint density at radius 2 is 1.97 bits per heavy atom. The van der Waals surface area contributed by atoms with E-state index in [0.717, 1.165) is 54.9 Å². The third kappa shape index (κ3) is 4.38. The van der Waals surface area contributed by atoms with Crippen LogP contribution in [0.3, 0.4) is 0 Å². The molecule has 3 saturated heterocycles. The van der Waals surface area contributed by atoms with Crippen LogP contribution in [0, 0.1) is 11.3 Å². The molecular weight excluding hydrogens is 440 g/mol. The lowest BCUT2D eigenvalue weighted by Gasteiger charge is -2.44. The molecule has 7 heteroatoms. The van der Waals surface area contributed by atoms with Gasteiger partial charge < -0.3 is 19.5 Å². The van der Waals surface area contributed by atoms with E-state index in [-0.39, 0.29) is 23.7 Å². The van der Waals surface area contributed by atoms with E-state index in [2.05, 4.69) is 24.1 Å². The number of ether oxygens (including phenoxy) is 3. The fourth-order valence-electron chi connectivity index (χ4n) is 5.30. The van der Waals surface area contributed by atoms with Crippen LogP contribution < -0.4 is 14.8 Å². The Balaban J connectivity index is 1.36. The molecule has 2 aromatic rings. The molecule has 2 aromatic carbocycles. The van der Waals surface area contributed by atoms with Gasteiger partial charge in [0.2, 0.25) is 0 Å². The maximum atomic E-state index is 12.9. The predicted molar refractivity (Wildman–Crippen MR) is 128 cm³/mol. The third-order valence-corrected chi connectivity index (χ3v) is 7.62. The molecule has 0 aromatic heterocycles. The van der Waals surface area contributed by atoms with Crippen molar-refractivity contribution < 1.29 is 19.0 Å². The lowest BCUT2D eigenvalue weighted by Crippen LogP contribution is -2.53. The van der Waals surface area contributed by atoms with Crippen LogP contribution in [0.5, 0.6) is 11.5 Å². The van der Waals surface area contributed by atoms with E-state index < -0.39 is 0 Å². The van der Waals surface area contributed by atoms with Gasteiger partial charge in [-0.1, -0.05) is 37.6 Å². The fraction of sp³-hybridized carbons (Fsp3) is 0.500. The van der Waals surface area contributed by atoms with Crippen molar-refractivity contribution in [2.24, 2.45) is 11.3 Å². The first-order chi connectivity index (χ1) is 15.8. The van der Waals surface area contributed by atoms with E-state index in [1.165, 1.54) is 0 Å². The summed E-state index contributed by atoms with van der Waals surface area (Å²) in [5.74, 6) is 1.95. The number of carbonyl (C=O) groups is 1. The quantitative estimate of drug-likeness (QED) is 0.657. The average Bonchev–Trinajstić information content (AvgIpc) is 2.81. The van der Waals surface area contributed by atoms with E-state index in [9.17, 15) is 4.79 Å². The first-order valence-corrected chi connectivity index (χ1v) is 12.0. The Morgan fingerprint density at radius 3 is 2.64 bits per heavy atom. The van der Waals surface area contributed by atoms with E-state index in [0.29, 0.717) is 23.3 Å².